The smallest absolute Gasteiger partial charge is 0.124 e. The maximum atomic E-state index is 12.8. The summed E-state index contributed by atoms with van der Waals surface area (Å²) >= 11 is 0. The molecule has 1 aromatic carbocycles. The zero-order chi connectivity index (χ0) is 12.1. The third-order valence-corrected chi connectivity index (χ3v) is 2.25. The number of nitrogens with two attached hydrogens (primary N) is 1. The van der Waals surface area contributed by atoms with E-state index in [1.54, 1.807) is 6.92 Å². The molecule has 16 heavy (non-hydrogen) atoms. The average Bonchev–Trinajstić information content (AvgIpc) is 2.26. The van der Waals surface area contributed by atoms with Crippen molar-refractivity contribution in [1.82, 2.24) is 0 Å². The van der Waals surface area contributed by atoms with E-state index in [1.807, 2.05) is 6.07 Å². The van der Waals surface area contributed by atoms with E-state index in [1.165, 1.54) is 12.1 Å². The minimum absolute atomic E-state index is 0.220. The Morgan fingerprint density at radius 1 is 1.62 bits per heavy atom. The first-order valence-corrected chi connectivity index (χ1v) is 4.91. The predicted molar refractivity (Wildman–Crippen MR) is 59.3 cm³/mol. The maximum Gasteiger partial charge on any atom is 0.124 e. The molecule has 0 aliphatic carbocycles. The predicted octanol–water partition coefficient (Wildman–Crippen LogP) is 0.817. The van der Waals surface area contributed by atoms with Crippen LogP contribution in [0.4, 0.5) is 10.1 Å². The number of hydrogen-bond acceptors (Lipinski definition) is 4. The van der Waals surface area contributed by atoms with Gasteiger partial charge in [0.25, 0.3) is 0 Å². The molecule has 0 aliphatic rings. The SMILES string of the molecule is CC(O)C(N)CNc1ccc(F)cc1C#N. The molecule has 0 radical (unpaired) electrons. The van der Waals surface area contributed by atoms with Crippen molar-refractivity contribution in [2.45, 2.75) is 19.1 Å². The van der Waals surface area contributed by atoms with E-state index in [4.69, 9.17) is 11.0 Å². The number of benzene rings is 1. The summed E-state index contributed by atoms with van der Waals surface area (Å²) in [5.74, 6) is -0.457. The molecule has 2 unspecified atom stereocenters. The molecule has 0 fully saturated rings. The van der Waals surface area contributed by atoms with Crippen LogP contribution in [-0.4, -0.2) is 23.8 Å². The zero-order valence-electron chi connectivity index (χ0n) is 8.94. The first kappa shape index (κ1) is 12.4. The minimum atomic E-state index is -0.640. The van der Waals surface area contributed by atoms with Gasteiger partial charge in [0.1, 0.15) is 11.9 Å². The van der Waals surface area contributed by atoms with E-state index < -0.39 is 18.0 Å². The molecule has 5 heteroatoms. The molecule has 4 nitrogen and oxygen atoms in total. The van der Waals surface area contributed by atoms with Crippen LogP contribution in [-0.2, 0) is 0 Å². The summed E-state index contributed by atoms with van der Waals surface area (Å²) in [5, 5.41) is 20.9. The van der Waals surface area contributed by atoms with Gasteiger partial charge in [-0.05, 0) is 25.1 Å². The van der Waals surface area contributed by atoms with E-state index in [0.717, 1.165) is 6.07 Å². The molecule has 0 bridgehead atoms. The van der Waals surface area contributed by atoms with Crippen LogP contribution >= 0.6 is 0 Å². The first-order valence-electron chi connectivity index (χ1n) is 4.91. The minimum Gasteiger partial charge on any atom is -0.392 e. The summed E-state index contributed by atoms with van der Waals surface area (Å²) in [7, 11) is 0. The number of nitrogens with zero attached hydrogens (tertiary/aromatic N) is 1. The molecular weight excluding hydrogens is 209 g/mol. The van der Waals surface area contributed by atoms with Crippen LogP contribution in [0.25, 0.3) is 0 Å². The Balaban J connectivity index is 2.71. The maximum absolute atomic E-state index is 12.8. The van der Waals surface area contributed by atoms with E-state index in [2.05, 4.69) is 5.32 Å². The molecule has 0 heterocycles. The monoisotopic (exact) mass is 223 g/mol. The van der Waals surface area contributed by atoms with Crippen molar-refractivity contribution in [3.63, 3.8) is 0 Å². The lowest BCUT2D eigenvalue weighted by Crippen LogP contribution is -2.38. The Kier molecular flexibility index (Phi) is 4.23. The fourth-order valence-electron chi connectivity index (χ4n) is 1.16. The molecule has 1 rings (SSSR count). The van der Waals surface area contributed by atoms with Crippen molar-refractivity contribution < 1.29 is 9.50 Å². The van der Waals surface area contributed by atoms with Gasteiger partial charge in [0.15, 0.2) is 0 Å². The van der Waals surface area contributed by atoms with Crippen LogP contribution in [0.5, 0.6) is 0 Å². The van der Waals surface area contributed by atoms with Gasteiger partial charge in [0.2, 0.25) is 0 Å². The van der Waals surface area contributed by atoms with Crippen molar-refractivity contribution in [3.05, 3.63) is 29.6 Å². The van der Waals surface area contributed by atoms with Crippen LogP contribution in [0.2, 0.25) is 0 Å². The molecule has 86 valence electrons. The number of anilines is 1. The Labute approximate surface area is 93.5 Å². The Morgan fingerprint density at radius 3 is 2.88 bits per heavy atom. The van der Waals surface area contributed by atoms with Gasteiger partial charge in [0.05, 0.1) is 17.4 Å². The third-order valence-electron chi connectivity index (χ3n) is 2.25. The second-order valence-electron chi connectivity index (χ2n) is 3.59. The van der Waals surface area contributed by atoms with Crippen molar-refractivity contribution in [3.8, 4) is 6.07 Å². The Morgan fingerprint density at radius 2 is 2.31 bits per heavy atom. The van der Waals surface area contributed by atoms with E-state index in [0.29, 0.717) is 12.2 Å². The highest BCUT2D eigenvalue weighted by Gasteiger charge is 2.10. The van der Waals surface area contributed by atoms with Gasteiger partial charge in [-0.15, -0.1) is 0 Å². The zero-order valence-corrected chi connectivity index (χ0v) is 8.94. The van der Waals surface area contributed by atoms with Gasteiger partial charge in [-0.2, -0.15) is 5.26 Å². The third kappa shape index (κ3) is 3.19. The number of aliphatic hydroxyl groups is 1. The largest absolute Gasteiger partial charge is 0.392 e. The van der Waals surface area contributed by atoms with Crippen LogP contribution in [0.15, 0.2) is 18.2 Å². The van der Waals surface area contributed by atoms with Gasteiger partial charge in [0, 0.05) is 12.6 Å². The average molecular weight is 223 g/mol. The molecule has 0 aliphatic heterocycles. The first-order chi connectivity index (χ1) is 7.54. The quantitative estimate of drug-likeness (QED) is 0.705. The van der Waals surface area contributed by atoms with Crippen LogP contribution in [0, 0.1) is 17.1 Å². The van der Waals surface area contributed by atoms with Gasteiger partial charge >= 0.3 is 0 Å². The summed E-state index contributed by atoms with van der Waals surface area (Å²) in [6, 6.07) is 5.33. The summed E-state index contributed by atoms with van der Waals surface area (Å²) < 4.78 is 12.8. The van der Waals surface area contributed by atoms with Crippen molar-refractivity contribution in [2.24, 2.45) is 5.73 Å². The Hall–Kier alpha value is -1.64. The van der Waals surface area contributed by atoms with Crippen molar-refractivity contribution >= 4 is 5.69 Å². The van der Waals surface area contributed by atoms with Gasteiger partial charge < -0.3 is 16.2 Å². The number of nitriles is 1. The van der Waals surface area contributed by atoms with Crippen LogP contribution in [0.3, 0.4) is 0 Å². The molecule has 2 atom stereocenters. The van der Waals surface area contributed by atoms with E-state index >= 15 is 0 Å². The lowest BCUT2D eigenvalue weighted by molar-refractivity contribution is 0.168. The van der Waals surface area contributed by atoms with E-state index in [9.17, 15) is 9.50 Å². The second-order valence-corrected chi connectivity index (χ2v) is 3.59. The number of aliphatic hydroxyl groups excluding tert-OH is 1. The number of hydrogen-bond donors (Lipinski definition) is 3. The molecule has 0 saturated heterocycles. The van der Waals surface area contributed by atoms with Crippen molar-refractivity contribution in [1.29, 1.82) is 5.26 Å². The lowest BCUT2D eigenvalue weighted by Gasteiger charge is -2.16. The number of rotatable bonds is 4. The lowest BCUT2D eigenvalue weighted by atomic mass is 10.1. The Bertz CT molecular complexity index is 401. The van der Waals surface area contributed by atoms with Gasteiger partial charge in [-0.25, -0.2) is 4.39 Å². The highest BCUT2D eigenvalue weighted by atomic mass is 19.1. The van der Waals surface area contributed by atoms with Crippen LogP contribution in [0.1, 0.15) is 12.5 Å². The summed E-state index contributed by atoms with van der Waals surface area (Å²) in [5.41, 5.74) is 6.35. The van der Waals surface area contributed by atoms with E-state index in [-0.39, 0.29) is 5.56 Å². The molecular formula is C11H14FN3O. The van der Waals surface area contributed by atoms with Crippen molar-refractivity contribution in [2.75, 3.05) is 11.9 Å². The summed E-state index contributed by atoms with van der Waals surface area (Å²) in [6.45, 7) is 1.90. The molecule has 1 aromatic rings. The molecule has 0 amide bonds. The van der Waals surface area contributed by atoms with Crippen LogP contribution < -0.4 is 11.1 Å². The standard InChI is InChI=1S/C11H14FN3O/c1-7(16)10(14)6-15-11-3-2-9(12)4-8(11)5-13/h2-4,7,10,15-16H,6,14H2,1H3. The topological polar surface area (TPSA) is 82.1 Å². The van der Waals surface area contributed by atoms with Gasteiger partial charge in [-0.3, -0.25) is 0 Å². The molecule has 0 aromatic heterocycles. The summed E-state index contributed by atoms with van der Waals surface area (Å²) in [4.78, 5) is 0. The number of nitrogens with one attached hydrogen (secondary N) is 1. The molecule has 0 spiro atoms. The van der Waals surface area contributed by atoms with Gasteiger partial charge in [-0.1, -0.05) is 0 Å². The summed E-state index contributed by atoms with van der Waals surface area (Å²) in [6.07, 6.45) is -0.640. The highest BCUT2D eigenvalue weighted by molar-refractivity contribution is 5.57. The molecule has 0 saturated carbocycles. The fourth-order valence-corrected chi connectivity index (χ4v) is 1.16. The molecule has 4 N–H and O–H groups in total. The highest BCUT2D eigenvalue weighted by Crippen LogP contribution is 2.15. The number of halogens is 1. The normalized spacial score (nSPS) is 13.9. The second kappa shape index (κ2) is 5.45. The fraction of sp³-hybridized carbons (Fsp3) is 0.364.